The van der Waals surface area contributed by atoms with Crippen molar-refractivity contribution in [1.29, 1.82) is 0 Å². The topological polar surface area (TPSA) is 51.0 Å². The molecule has 2 aromatic carbocycles. The molecule has 7 heteroatoms. The van der Waals surface area contributed by atoms with E-state index in [2.05, 4.69) is 10.2 Å². The fraction of sp³-hybridized carbons (Fsp3) is 0.400. The third-order valence-corrected chi connectivity index (χ3v) is 7.18. The predicted octanol–water partition coefficient (Wildman–Crippen LogP) is 5.40. The highest BCUT2D eigenvalue weighted by Gasteiger charge is 2.28. The fourth-order valence-corrected chi connectivity index (χ4v) is 5.22. The van der Waals surface area contributed by atoms with E-state index in [0.717, 1.165) is 18.4 Å². The zero-order valence-corrected chi connectivity index (χ0v) is 19.4. The van der Waals surface area contributed by atoms with Crippen molar-refractivity contribution >= 4 is 17.7 Å². The SMILES string of the molecule is CC(Sc1nnc(-c2ccccc2F)n1Cc1ccccc1)C(=O)N(C)C1CCCCC1. The van der Waals surface area contributed by atoms with Gasteiger partial charge in [0.25, 0.3) is 0 Å². The van der Waals surface area contributed by atoms with Gasteiger partial charge in [0.2, 0.25) is 5.91 Å². The first-order chi connectivity index (χ1) is 15.5. The molecular formula is C25H29FN4OS. The lowest BCUT2D eigenvalue weighted by atomic mass is 9.94. The van der Waals surface area contributed by atoms with Crippen LogP contribution in [0.4, 0.5) is 4.39 Å². The molecule has 1 aliphatic rings. The van der Waals surface area contributed by atoms with Crippen LogP contribution in [0.2, 0.25) is 0 Å². The van der Waals surface area contributed by atoms with Gasteiger partial charge >= 0.3 is 0 Å². The molecule has 4 rings (SSSR count). The molecule has 1 saturated carbocycles. The largest absolute Gasteiger partial charge is 0.342 e. The molecule has 0 spiro atoms. The van der Waals surface area contributed by atoms with Gasteiger partial charge in [-0.1, -0.05) is 73.5 Å². The summed E-state index contributed by atoms with van der Waals surface area (Å²) < 4.78 is 16.5. The van der Waals surface area contributed by atoms with Gasteiger partial charge in [-0.2, -0.15) is 0 Å². The minimum absolute atomic E-state index is 0.101. The number of nitrogens with zero attached hydrogens (tertiary/aromatic N) is 4. The van der Waals surface area contributed by atoms with Gasteiger partial charge in [0.1, 0.15) is 5.82 Å². The highest BCUT2D eigenvalue weighted by Crippen LogP contribution is 2.31. The predicted molar refractivity (Wildman–Crippen MR) is 126 cm³/mol. The minimum atomic E-state index is -0.341. The normalized spacial score (nSPS) is 15.5. The van der Waals surface area contributed by atoms with Crippen molar-refractivity contribution in [3.63, 3.8) is 0 Å². The van der Waals surface area contributed by atoms with E-state index in [1.165, 1.54) is 37.1 Å². The molecule has 1 aromatic heterocycles. The summed E-state index contributed by atoms with van der Waals surface area (Å²) in [6.45, 7) is 2.41. The molecule has 32 heavy (non-hydrogen) atoms. The van der Waals surface area contributed by atoms with Gasteiger partial charge in [-0.05, 0) is 37.5 Å². The van der Waals surface area contributed by atoms with E-state index < -0.39 is 0 Å². The lowest BCUT2D eigenvalue weighted by molar-refractivity contribution is -0.131. The highest BCUT2D eigenvalue weighted by molar-refractivity contribution is 8.00. The quantitative estimate of drug-likeness (QED) is 0.450. The Kier molecular flexibility index (Phi) is 7.25. The number of benzene rings is 2. The van der Waals surface area contributed by atoms with Crippen LogP contribution in [0.1, 0.15) is 44.6 Å². The Morgan fingerprint density at radius 2 is 1.78 bits per heavy atom. The summed E-state index contributed by atoms with van der Waals surface area (Å²) in [4.78, 5) is 15.0. The van der Waals surface area contributed by atoms with E-state index in [4.69, 9.17) is 0 Å². The van der Waals surface area contributed by atoms with Crippen molar-refractivity contribution in [2.45, 2.75) is 62.0 Å². The Hall–Kier alpha value is -2.67. The molecule has 1 atom stereocenters. The van der Waals surface area contributed by atoms with Gasteiger partial charge in [0, 0.05) is 13.1 Å². The van der Waals surface area contributed by atoms with Crippen LogP contribution in [-0.4, -0.2) is 43.9 Å². The molecule has 0 aliphatic heterocycles. The van der Waals surface area contributed by atoms with Gasteiger partial charge in [-0.25, -0.2) is 4.39 Å². The molecule has 1 unspecified atom stereocenters. The molecule has 1 amide bonds. The molecule has 5 nitrogen and oxygen atoms in total. The summed E-state index contributed by atoms with van der Waals surface area (Å²) in [5, 5.41) is 8.98. The van der Waals surface area contributed by atoms with E-state index >= 15 is 0 Å². The maximum atomic E-state index is 14.6. The van der Waals surface area contributed by atoms with E-state index in [9.17, 15) is 9.18 Å². The standard InChI is InChI=1S/C25H29FN4OS/c1-18(24(31)29(2)20-13-7-4-8-14-20)32-25-28-27-23(21-15-9-10-16-22(21)26)30(25)17-19-11-5-3-6-12-19/h3,5-6,9-12,15-16,18,20H,4,7-8,13-14,17H2,1-2H3. The summed E-state index contributed by atoms with van der Waals surface area (Å²) in [6.07, 6.45) is 5.76. The molecule has 0 radical (unpaired) electrons. The van der Waals surface area contributed by atoms with Crippen molar-refractivity contribution < 1.29 is 9.18 Å². The van der Waals surface area contributed by atoms with Gasteiger partial charge in [0.15, 0.2) is 11.0 Å². The zero-order chi connectivity index (χ0) is 22.5. The number of hydrogen-bond donors (Lipinski definition) is 0. The van der Waals surface area contributed by atoms with E-state index in [-0.39, 0.29) is 17.0 Å². The van der Waals surface area contributed by atoms with Crippen LogP contribution in [-0.2, 0) is 11.3 Å². The monoisotopic (exact) mass is 452 g/mol. The molecule has 168 valence electrons. The third kappa shape index (κ3) is 5.04. The maximum absolute atomic E-state index is 14.6. The Balaban J connectivity index is 1.60. The Bertz CT molecular complexity index is 1050. The van der Waals surface area contributed by atoms with Gasteiger partial charge in [-0.15, -0.1) is 10.2 Å². The van der Waals surface area contributed by atoms with Crippen LogP contribution in [0.3, 0.4) is 0 Å². The zero-order valence-electron chi connectivity index (χ0n) is 18.6. The van der Waals surface area contributed by atoms with Crippen LogP contribution in [0.25, 0.3) is 11.4 Å². The number of amides is 1. The lowest BCUT2D eigenvalue weighted by Crippen LogP contribution is -2.42. The Morgan fingerprint density at radius 1 is 1.09 bits per heavy atom. The van der Waals surface area contributed by atoms with Crippen molar-refractivity contribution in [2.24, 2.45) is 0 Å². The molecule has 1 heterocycles. The van der Waals surface area contributed by atoms with Crippen LogP contribution in [0.15, 0.2) is 59.8 Å². The van der Waals surface area contributed by atoms with Crippen molar-refractivity contribution in [2.75, 3.05) is 7.05 Å². The highest BCUT2D eigenvalue weighted by atomic mass is 32.2. The molecule has 1 fully saturated rings. The van der Waals surface area contributed by atoms with Gasteiger partial charge < -0.3 is 4.90 Å². The molecule has 0 bridgehead atoms. The first-order valence-corrected chi connectivity index (χ1v) is 12.1. The summed E-state index contributed by atoms with van der Waals surface area (Å²) in [6, 6.07) is 16.8. The van der Waals surface area contributed by atoms with Crippen molar-refractivity contribution in [1.82, 2.24) is 19.7 Å². The summed E-state index contributed by atoms with van der Waals surface area (Å²) in [5.74, 6) is 0.227. The van der Waals surface area contributed by atoms with E-state index in [0.29, 0.717) is 29.1 Å². The second-order valence-corrected chi connectivity index (χ2v) is 9.67. The van der Waals surface area contributed by atoms with Crippen molar-refractivity contribution in [3.05, 3.63) is 66.0 Å². The van der Waals surface area contributed by atoms with Crippen LogP contribution in [0, 0.1) is 5.82 Å². The number of hydrogen-bond acceptors (Lipinski definition) is 4. The number of thioether (sulfide) groups is 1. The van der Waals surface area contributed by atoms with E-state index in [1.54, 1.807) is 18.2 Å². The fourth-order valence-electron chi connectivity index (χ4n) is 4.27. The summed E-state index contributed by atoms with van der Waals surface area (Å²) >= 11 is 1.39. The Morgan fingerprint density at radius 3 is 2.50 bits per heavy atom. The molecule has 0 saturated heterocycles. The number of aromatic nitrogens is 3. The second-order valence-electron chi connectivity index (χ2n) is 8.36. The van der Waals surface area contributed by atoms with Crippen molar-refractivity contribution in [3.8, 4) is 11.4 Å². The molecular weight excluding hydrogens is 423 g/mol. The Labute approximate surface area is 193 Å². The minimum Gasteiger partial charge on any atom is -0.342 e. The smallest absolute Gasteiger partial charge is 0.235 e. The van der Waals surface area contributed by atoms with Crippen LogP contribution >= 0.6 is 11.8 Å². The van der Waals surface area contributed by atoms with Gasteiger partial charge in [-0.3, -0.25) is 9.36 Å². The van der Waals surface area contributed by atoms with E-state index in [1.807, 2.05) is 53.8 Å². The third-order valence-electron chi connectivity index (χ3n) is 6.12. The second kappa shape index (κ2) is 10.3. The summed E-state index contributed by atoms with van der Waals surface area (Å²) in [5.41, 5.74) is 1.46. The first-order valence-electron chi connectivity index (χ1n) is 11.2. The molecule has 0 N–H and O–H groups in total. The average molecular weight is 453 g/mol. The number of carbonyl (C=O) groups is 1. The molecule has 3 aromatic rings. The average Bonchev–Trinajstić information content (AvgIpc) is 3.21. The van der Waals surface area contributed by atoms with Gasteiger partial charge in [0.05, 0.1) is 17.4 Å². The number of carbonyl (C=O) groups excluding carboxylic acids is 1. The summed E-state index contributed by atoms with van der Waals surface area (Å²) in [7, 11) is 1.91. The molecule has 1 aliphatic carbocycles. The first kappa shape index (κ1) is 22.5. The van der Waals surface area contributed by atoms with Crippen LogP contribution in [0.5, 0.6) is 0 Å². The number of rotatable bonds is 7. The number of halogens is 1. The van der Waals surface area contributed by atoms with Crippen LogP contribution < -0.4 is 0 Å². The maximum Gasteiger partial charge on any atom is 0.235 e. The lowest BCUT2D eigenvalue weighted by Gasteiger charge is -2.32.